The molecule has 4 heterocycles. The largest absolute Gasteiger partial charge is 0.394 e. The summed E-state index contributed by atoms with van der Waals surface area (Å²) in [5.74, 6) is 3.51. The lowest BCUT2D eigenvalue weighted by molar-refractivity contribution is -0.373. The fourth-order valence-corrected chi connectivity index (χ4v) is 13.2. The number of ether oxygens (including phenoxy) is 6. The van der Waals surface area contributed by atoms with Crippen molar-refractivity contribution in [1.29, 1.82) is 0 Å². The van der Waals surface area contributed by atoms with E-state index in [1.165, 1.54) is 25.7 Å². The molecule has 8 fully saturated rings. The van der Waals surface area contributed by atoms with E-state index in [2.05, 4.69) is 27.7 Å². The molecule has 0 bridgehead atoms. The second-order valence-corrected chi connectivity index (χ2v) is 18.7. The Bertz CT molecular complexity index is 1260. The Morgan fingerprint density at radius 2 is 1.37 bits per heavy atom. The van der Waals surface area contributed by atoms with Crippen LogP contribution in [0.1, 0.15) is 91.9 Å². The maximum absolute atomic E-state index is 11.1. The van der Waals surface area contributed by atoms with Crippen molar-refractivity contribution in [2.45, 2.75) is 171 Å². The van der Waals surface area contributed by atoms with E-state index in [4.69, 9.17) is 28.4 Å². The predicted octanol–water partition coefficient (Wildman–Crippen LogP) is 1.44. The molecule has 22 atom stereocenters. The van der Waals surface area contributed by atoms with Gasteiger partial charge in [-0.15, -0.1) is 0 Å². The van der Waals surface area contributed by atoms with Gasteiger partial charge < -0.3 is 64.2 Å². The molecule has 1 spiro atoms. The Morgan fingerprint density at radius 1 is 0.673 bits per heavy atom. The summed E-state index contributed by atoms with van der Waals surface area (Å²) in [6, 6.07) is 0. The molecular weight excluding hydrogens is 676 g/mol. The van der Waals surface area contributed by atoms with Crippen LogP contribution in [0.15, 0.2) is 0 Å². The molecule has 4 saturated heterocycles. The molecule has 298 valence electrons. The van der Waals surface area contributed by atoms with Crippen LogP contribution in [0.4, 0.5) is 0 Å². The summed E-state index contributed by atoms with van der Waals surface area (Å²) < 4.78 is 37.5. The van der Waals surface area contributed by atoms with Crippen LogP contribution in [0.2, 0.25) is 0 Å². The zero-order chi connectivity index (χ0) is 36.9. The van der Waals surface area contributed by atoms with Gasteiger partial charge in [-0.05, 0) is 104 Å². The summed E-state index contributed by atoms with van der Waals surface area (Å²) in [4.78, 5) is 0. The highest BCUT2D eigenvalue weighted by molar-refractivity contribution is 5.15. The lowest BCUT2D eigenvalue weighted by Gasteiger charge is -2.61. The normalized spacial score (nSPS) is 59.0. The Balaban J connectivity index is 0.942. The zero-order valence-electron chi connectivity index (χ0n) is 31.2. The van der Waals surface area contributed by atoms with Crippen LogP contribution in [0, 0.1) is 52.3 Å². The van der Waals surface area contributed by atoms with Crippen LogP contribution in [0.3, 0.4) is 0 Å². The van der Waals surface area contributed by atoms with E-state index in [1.807, 2.05) is 0 Å². The van der Waals surface area contributed by atoms with Gasteiger partial charge in [0.15, 0.2) is 18.4 Å². The maximum Gasteiger partial charge on any atom is 0.187 e. The SMILES string of the molecule is C[C@H]1CC[C@@]2(OC1)OC1CC3C4CC[C@@H]5CC(O[C@@H]6O[C@H](CO)[C@H](O)[C@H](O)[C@H]6O[C@@H]6O[C@H](CO)[C@@H](O)[C@H](O)[C@H]6O)CC[C@]5(C)C4CC[C@]3(C)C1[C@@H]2C. The van der Waals surface area contributed by atoms with Crippen molar-refractivity contribution >= 4 is 0 Å². The monoisotopic (exact) mass is 740 g/mol. The van der Waals surface area contributed by atoms with E-state index >= 15 is 0 Å². The molecule has 4 aliphatic heterocycles. The van der Waals surface area contributed by atoms with E-state index in [1.54, 1.807) is 0 Å². The number of hydrogen-bond acceptors (Lipinski definition) is 13. The van der Waals surface area contributed by atoms with E-state index < -0.39 is 80.4 Å². The van der Waals surface area contributed by atoms with Gasteiger partial charge in [-0.2, -0.15) is 0 Å². The topological polar surface area (TPSA) is 197 Å². The first-order valence-corrected chi connectivity index (χ1v) is 20.3. The molecule has 8 rings (SSSR count). The minimum atomic E-state index is -1.71. The third-order valence-electron chi connectivity index (χ3n) is 16.2. The van der Waals surface area contributed by atoms with Crippen molar-refractivity contribution in [2.75, 3.05) is 19.8 Å². The van der Waals surface area contributed by atoms with Crippen molar-refractivity contribution in [1.82, 2.24) is 0 Å². The summed E-state index contributed by atoms with van der Waals surface area (Å²) in [6.07, 6.45) is -3.88. The Kier molecular flexibility index (Phi) is 10.4. The molecule has 0 aromatic rings. The lowest BCUT2D eigenvalue weighted by atomic mass is 9.44. The van der Waals surface area contributed by atoms with Crippen LogP contribution in [-0.2, 0) is 28.4 Å². The van der Waals surface area contributed by atoms with Crippen LogP contribution >= 0.6 is 0 Å². The van der Waals surface area contributed by atoms with Crippen LogP contribution in [0.5, 0.6) is 0 Å². The van der Waals surface area contributed by atoms with Crippen LogP contribution in [0.25, 0.3) is 0 Å². The molecule has 52 heavy (non-hydrogen) atoms. The van der Waals surface area contributed by atoms with Crippen molar-refractivity contribution in [3.05, 3.63) is 0 Å². The maximum atomic E-state index is 11.1. The van der Waals surface area contributed by atoms with Crippen molar-refractivity contribution in [3.8, 4) is 0 Å². The highest BCUT2D eigenvalue weighted by atomic mass is 16.8. The molecule has 4 aliphatic carbocycles. The van der Waals surface area contributed by atoms with E-state index in [9.17, 15) is 35.7 Å². The molecule has 13 heteroatoms. The molecule has 0 aromatic carbocycles. The first-order valence-electron chi connectivity index (χ1n) is 20.3. The highest BCUT2D eigenvalue weighted by Crippen LogP contribution is 2.71. The van der Waals surface area contributed by atoms with Crippen LogP contribution < -0.4 is 0 Å². The fraction of sp³-hybridized carbons (Fsp3) is 1.00. The van der Waals surface area contributed by atoms with Gasteiger partial charge in [0.05, 0.1) is 32.0 Å². The van der Waals surface area contributed by atoms with Crippen LogP contribution in [-0.4, -0.2) is 135 Å². The van der Waals surface area contributed by atoms with E-state index in [0.29, 0.717) is 41.4 Å². The third-order valence-corrected chi connectivity index (χ3v) is 16.2. The standard InChI is InChI=1S/C39H64O13/c1-18-7-12-39(47-17-18)19(2)28-25(52-39)14-24-22-6-5-20-13-21(8-10-37(20,3)23(22)9-11-38(24,28)4)48-36-34(32(45)30(43)27(16-41)50-36)51-35-33(46)31(44)29(42)26(15-40)49-35/h18-36,40-46H,5-17H2,1-4H3/t18-,19-,20+,21?,22?,23?,24?,25?,26+,27+,28?,29+,30-,31-,32-,33+,34+,35-,36+,37-,38-,39+/m0/s1. The molecule has 7 N–H and O–H groups in total. The molecule has 8 aliphatic rings. The molecule has 13 nitrogen and oxygen atoms in total. The summed E-state index contributed by atoms with van der Waals surface area (Å²) in [5, 5.41) is 72.7. The number of hydrogen-bond donors (Lipinski definition) is 7. The number of rotatable bonds is 6. The van der Waals surface area contributed by atoms with Gasteiger partial charge in [-0.1, -0.05) is 27.7 Å². The summed E-state index contributed by atoms with van der Waals surface area (Å²) in [7, 11) is 0. The Labute approximate surface area is 307 Å². The van der Waals surface area contributed by atoms with Gasteiger partial charge >= 0.3 is 0 Å². The minimum Gasteiger partial charge on any atom is -0.394 e. The number of fused-ring (bicyclic) bond motifs is 7. The first kappa shape index (κ1) is 38.4. The lowest BCUT2D eigenvalue weighted by Crippen LogP contribution is -2.65. The zero-order valence-corrected chi connectivity index (χ0v) is 31.2. The fourth-order valence-electron chi connectivity index (χ4n) is 13.2. The summed E-state index contributed by atoms with van der Waals surface area (Å²) >= 11 is 0. The second-order valence-electron chi connectivity index (χ2n) is 18.7. The quantitative estimate of drug-likeness (QED) is 0.194. The van der Waals surface area contributed by atoms with Gasteiger partial charge in [0.2, 0.25) is 0 Å². The molecular formula is C39H64O13. The van der Waals surface area contributed by atoms with Gasteiger partial charge in [0.1, 0.15) is 48.8 Å². The molecule has 0 aromatic heterocycles. The van der Waals surface area contributed by atoms with Gasteiger partial charge in [-0.25, -0.2) is 0 Å². The molecule has 4 saturated carbocycles. The Morgan fingerprint density at radius 3 is 2.06 bits per heavy atom. The smallest absolute Gasteiger partial charge is 0.187 e. The van der Waals surface area contributed by atoms with Crippen molar-refractivity contribution in [2.24, 2.45) is 52.3 Å². The van der Waals surface area contributed by atoms with E-state index in [0.717, 1.165) is 45.1 Å². The molecule has 0 amide bonds. The highest BCUT2D eigenvalue weighted by Gasteiger charge is 2.69. The number of aliphatic hydroxyl groups excluding tert-OH is 7. The third kappa shape index (κ3) is 5.98. The minimum absolute atomic E-state index is 0.168. The van der Waals surface area contributed by atoms with Gasteiger partial charge in [0, 0.05) is 12.3 Å². The van der Waals surface area contributed by atoms with Gasteiger partial charge in [0.25, 0.3) is 0 Å². The Hall–Kier alpha value is -0.520. The second kappa shape index (κ2) is 14.1. The predicted molar refractivity (Wildman–Crippen MR) is 183 cm³/mol. The van der Waals surface area contributed by atoms with Crippen molar-refractivity contribution in [3.63, 3.8) is 0 Å². The van der Waals surface area contributed by atoms with Crippen molar-refractivity contribution < 1.29 is 64.2 Å². The van der Waals surface area contributed by atoms with E-state index in [-0.39, 0.29) is 23.0 Å². The summed E-state index contributed by atoms with van der Waals surface area (Å²) in [5.41, 5.74) is 0.425. The first-order chi connectivity index (χ1) is 24.7. The number of aliphatic hydroxyl groups is 7. The molecule has 6 unspecified atom stereocenters. The average Bonchev–Trinajstić information content (AvgIpc) is 3.58. The van der Waals surface area contributed by atoms with Gasteiger partial charge in [-0.3, -0.25) is 0 Å². The summed E-state index contributed by atoms with van der Waals surface area (Å²) in [6.45, 7) is 9.33. The average molecular weight is 741 g/mol. The molecule has 0 radical (unpaired) electrons.